The number of likely N-dealkylation sites (tertiary alicyclic amines) is 1. The number of rotatable bonds is 6. The normalized spacial score (nSPS) is 14.4. The van der Waals surface area contributed by atoms with Gasteiger partial charge in [-0.2, -0.15) is 4.98 Å². The first-order valence-electron chi connectivity index (χ1n) is 10.1. The van der Waals surface area contributed by atoms with Crippen LogP contribution in [0.2, 0.25) is 0 Å². The first-order chi connectivity index (χ1) is 15.1. The zero-order chi connectivity index (χ0) is 21.6. The number of carbonyl (C=O) groups excluding carboxylic acids is 2. The molecular formula is C22H23N5O3S. The van der Waals surface area contributed by atoms with E-state index in [1.807, 2.05) is 35.2 Å². The van der Waals surface area contributed by atoms with Crippen LogP contribution < -0.4 is 5.32 Å². The number of benzene rings is 1. The van der Waals surface area contributed by atoms with Gasteiger partial charge in [-0.25, -0.2) is 4.98 Å². The predicted molar refractivity (Wildman–Crippen MR) is 117 cm³/mol. The van der Waals surface area contributed by atoms with Gasteiger partial charge in [0.15, 0.2) is 5.82 Å². The Hall–Kier alpha value is -3.20. The number of amides is 2. The number of piperidine rings is 1. The number of aryl methyl sites for hydroxylation is 1. The Kier molecular flexibility index (Phi) is 6.61. The van der Waals surface area contributed by atoms with Gasteiger partial charge >= 0.3 is 0 Å². The lowest BCUT2D eigenvalue weighted by molar-refractivity contribution is -0.121. The fraction of sp³-hybridized carbons (Fsp3) is 0.318. The Bertz CT molecular complexity index is 1050. The fourth-order valence-electron chi connectivity index (χ4n) is 3.49. The summed E-state index contributed by atoms with van der Waals surface area (Å²) in [6.07, 6.45) is 2.90. The minimum Gasteiger partial charge on any atom is -0.340 e. The summed E-state index contributed by atoms with van der Waals surface area (Å²) in [4.78, 5) is 36.7. The zero-order valence-corrected chi connectivity index (χ0v) is 18.0. The van der Waals surface area contributed by atoms with E-state index >= 15 is 0 Å². The topological polar surface area (TPSA) is 101 Å². The van der Waals surface area contributed by atoms with Gasteiger partial charge in [0.05, 0.1) is 11.3 Å². The molecular weight excluding hydrogens is 414 g/mol. The monoisotopic (exact) mass is 437 g/mol. The van der Waals surface area contributed by atoms with Crippen molar-refractivity contribution in [1.29, 1.82) is 0 Å². The number of nitrogens with zero attached hydrogens (tertiary/aromatic N) is 4. The van der Waals surface area contributed by atoms with Gasteiger partial charge in [-0.15, -0.1) is 11.8 Å². The quantitative estimate of drug-likeness (QED) is 0.589. The molecule has 0 unspecified atom stereocenters. The number of pyridine rings is 1. The first-order valence-corrected chi connectivity index (χ1v) is 11.1. The first kappa shape index (κ1) is 21.0. The largest absolute Gasteiger partial charge is 0.340 e. The molecule has 0 atom stereocenters. The average Bonchev–Trinajstić information content (AvgIpc) is 3.23. The number of anilines is 1. The molecule has 0 radical (unpaired) electrons. The minimum atomic E-state index is -0.128. The van der Waals surface area contributed by atoms with Crippen LogP contribution in [0.5, 0.6) is 0 Å². The standard InChI is InChI=1S/C22H23N5O3S/c1-15-24-20(26-30-15)14-31-18-7-3-2-6-17(18)22(29)27-12-9-16(10-13-27)21(28)25-19-8-4-5-11-23-19/h2-8,11,16H,9-10,12-14H2,1H3,(H,23,25,28). The third kappa shape index (κ3) is 5.29. The van der Waals surface area contributed by atoms with Crippen LogP contribution in [-0.4, -0.2) is 44.9 Å². The maximum atomic E-state index is 13.2. The summed E-state index contributed by atoms with van der Waals surface area (Å²) in [7, 11) is 0. The van der Waals surface area contributed by atoms with E-state index < -0.39 is 0 Å². The van der Waals surface area contributed by atoms with E-state index in [0.717, 1.165) is 4.90 Å². The van der Waals surface area contributed by atoms with Crippen LogP contribution in [0.4, 0.5) is 5.82 Å². The van der Waals surface area contributed by atoms with E-state index in [2.05, 4.69) is 20.4 Å². The summed E-state index contributed by atoms with van der Waals surface area (Å²) in [6.45, 7) is 2.84. The molecule has 0 saturated carbocycles. The van der Waals surface area contributed by atoms with Gasteiger partial charge < -0.3 is 14.7 Å². The van der Waals surface area contributed by atoms with E-state index in [0.29, 0.717) is 54.8 Å². The Labute approximate surface area is 184 Å². The summed E-state index contributed by atoms with van der Waals surface area (Å²) < 4.78 is 5.01. The molecule has 8 nitrogen and oxygen atoms in total. The van der Waals surface area contributed by atoms with Crippen LogP contribution >= 0.6 is 11.8 Å². The van der Waals surface area contributed by atoms with Crippen molar-refractivity contribution in [3.05, 3.63) is 65.9 Å². The van der Waals surface area contributed by atoms with Gasteiger partial charge in [0.25, 0.3) is 5.91 Å². The maximum Gasteiger partial charge on any atom is 0.254 e. The number of nitrogens with one attached hydrogen (secondary N) is 1. The fourth-order valence-corrected chi connectivity index (χ4v) is 4.38. The Balaban J connectivity index is 1.35. The highest BCUT2D eigenvalue weighted by Crippen LogP contribution is 2.28. The zero-order valence-electron chi connectivity index (χ0n) is 17.2. The van der Waals surface area contributed by atoms with Gasteiger partial charge in [0.2, 0.25) is 11.8 Å². The lowest BCUT2D eigenvalue weighted by Gasteiger charge is -2.31. The number of thioether (sulfide) groups is 1. The summed E-state index contributed by atoms with van der Waals surface area (Å²) in [5.41, 5.74) is 0.657. The molecule has 1 fully saturated rings. The molecule has 2 aromatic heterocycles. The summed E-state index contributed by atoms with van der Waals surface area (Å²) in [5, 5.41) is 6.76. The highest BCUT2D eigenvalue weighted by Gasteiger charge is 2.29. The van der Waals surface area contributed by atoms with Crippen LogP contribution in [0.1, 0.15) is 34.9 Å². The Morgan fingerprint density at radius 2 is 1.94 bits per heavy atom. The van der Waals surface area contributed by atoms with Crippen molar-refractivity contribution in [1.82, 2.24) is 20.0 Å². The maximum absolute atomic E-state index is 13.2. The van der Waals surface area contributed by atoms with Crippen molar-refractivity contribution < 1.29 is 14.1 Å². The van der Waals surface area contributed by atoms with Gasteiger partial charge in [-0.1, -0.05) is 23.4 Å². The molecule has 0 bridgehead atoms. The Morgan fingerprint density at radius 3 is 2.65 bits per heavy atom. The molecule has 1 aliphatic rings. The van der Waals surface area contributed by atoms with Gasteiger partial charge in [-0.3, -0.25) is 9.59 Å². The second-order valence-electron chi connectivity index (χ2n) is 7.29. The SMILES string of the molecule is Cc1nc(CSc2ccccc2C(=O)N2CCC(C(=O)Nc3ccccn3)CC2)no1. The second-order valence-corrected chi connectivity index (χ2v) is 8.30. The van der Waals surface area contributed by atoms with E-state index in [4.69, 9.17) is 4.52 Å². The number of carbonyl (C=O) groups is 2. The van der Waals surface area contributed by atoms with Crippen LogP contribution in [0.25, 0.3) is 0 Å². The van der Waals surface area contributed by atoms with Crippen molar-refractivity contribution in [2.75, 3.05) is 18.4 Å². The average molecular weight is 438 g/mol. The van der Waals surface area contributed by atoms with Crippen molar-refractivity contribution in [2.45, 2.75) is 30.4 Å². The van der Waals surface area contributed by atoms with E-state index in [1.165, 1.54) is 11.8 Å². The number of hydrogen-bond acceptors (Lipinski definition) is 7. The number of hydrogen-bond donors (Lipinski definition) is 1. The minimum absolute atomic E-state index is 0.0176. The lowest BCUT2D eigenvalue weighted by atomic mass is 9.95. The number of aromatic nitrogens is 3. The van der Waals surface area contributed by atoms with Crippen molar-refractivity contribution >= 4 is 29.4 Å². The molecule has 3 aromatic rings. The molecule has 1 saturated heterocycles. The molecule has 4 rings (SSSR count). The van der Waals surface area contributed by atoms with Crippen molar-refractivity contribution in [2.24, 2.45) is 5.92 Å². The van der Waals surface area contributed by atoms with Crippen LogP contribution in [0.15, 0.2) is 58.1 Å². The molecule has 0 aliphatic carbocycles. The second kappa shape index (κ2) is 9.74. The highest BCUT2D eigenvalue weighted by molar-refractivity contribution is 7.98. The molecule has 1 N–H and O–H groups in total. The van der Waals surface area contributed by atoms with Gasteiger partial charge in [-0.05, 0) is 37.1 Å². The third-order valence-corrected chi connectivity index (χ3v) is 6.18. The van der Waals surface area contributed by atoms with Crippen LogP contribution in [0.3, 0.4) is 0 Å². The van der Waals surface area contributed by atoms with Crippen LogP contribution in [-0.2, 0) is 10.5 Å². The van der Waals surface area contributed by atoms with E-state index in [-0.39, 0.29) is 17.7 Å². The predicted octanol–water partition coefficient (Wildman–Crippen LogP) is 3.56. The molecule has 1 aromatic carbocycles. The molecule has 9 heteroatoms. The molecule has 2 amide bonds. The summed E-state index contributed by atoms with van der Waals surface area (Å²) in [5.74, 6) is 2.01. The van der Waals surface area contributed by atoms with Crippen LogP contribution in [0, 0.1) is 12.8 Å². The highest BCUT2D eigenvalue weighted by atomic mass is 32.2. The third-order valence-electron chi connectivity index (χ3n) is 5.11. The summed E-state index contributed by atoms with van der Waals surface area (Å²) >= 11 is 1.51. The molecule has 1 aliphatic heterocycles. The van der Waals surface area contributed by atoms with Gasteiger partial charge in [0.1, 0.15) is 5.82 Å². The Morgan fingerprint density at radius 1 is 1.16 bits per heavy atom. The molecule has 31 heavy (non-hydrogen) atoms. The molecule has 3 heterocycles. The van der Waals surface area contributed by atoms with E-state index in [9.17, 15) is 9.59 Å². The summed E-state index contributed by atoms with van der Waals surface area (Å²) in [6, 6.07) is 12.9. The van der Waals surface area contributed by atoms with Crippen molar-refractivity contribution in [3.63, 3.8) is 0 Å². The van der Waals surface area contributed by atoms with E-state index in [1.54, 1.807) is 25.3 Å². The smallest absolute Gasteiger partial charge is 0.254 e. The molecule has 0 spiro atoms. The van der Waals surface area contributed by atoms with Gasteiger partial charge in [0, 0.05) is 37.0 Å². The lowest BCUT2D eigenvalue weighted by Crippen LogP contribution is -2.41. The molecule has 160 valence electrons. The van der Waals surface area contributed by atoms with Crippen molar-refractivity contribution in [3.8, 4) is 0 Å².